The normalized spacial score (nSPS) is 18.6. The van der Waals surface area contributed by atoms with Gasteiger partial charge in [0.25, 0.3) is 0 Å². The van der Waals surface area contributed by atoms with Crippen LogP contribution in [0, 0.1) is 5.82 Å². The van der Waals surface area contributed by atoms with Gasteiger partial charge >= 0.3 is 0 Å². The van der Waals surface area contributed by atoms with Crippen LogP contribution in [0.5, 0.6) is 0 Å². The molecule has 0 spiro atoms. The molecule has 1 aromatic carbocycles. The van der Waals surface area contributed by atoms with Crippen LogP contribution in [0.15, 0.2) is 18.2 Å². The summed E-state index contributed by atoms with van der Waals surface area (Å²) < 4.78 is 13.6. The number of nitrogens with one attached hydrogen (secondary N) is 1. The summed E-state index contributed by atoms with van der Waals surface area (Å²) >= 11 is 4.88. The molecule has 20 heavy (non-hydrogen) atoms. The fraction of sp³-hybridized carbons (Fsp3) is 0.429. The Bertz CT molecular complexity index is 559. The number of halogens is 1. The summed E-state index contributed by atoms with van der Waals surface area (Å²) in [5.41, 5.74) is 6.20. The first kappa shape index (κ1) is 14.9. The van der Waals surface area contributed by atoms with Gasteiger partial charge in [0.05, 0.1) is 5.54 Å². The highest BCUT2D eigenvalue weighted by molar-refractivity contribution is 7.80. The number of hydrogen-bond donors (Lipinski definition) is 2. The van der Waals surface area contributed by atoms with Crippen molar-refractivity contribution in [2.24, 2.45) is 5.73 Å². The van der Waals surface area contributed by atoms with Gasteiger partial charge in [-0.25, -0.2) is 4.39 Å². The minimum Gasteiger partial charge on any atom is -0.389 e. The van der Waals surface area contributed by atoms with Crippen LogP contribution in [0.3, 0.4) is 0 Å². The second-order valence-corrected chi connectivity index (χ2v) is 5.89. The van der Waals surface area contributed by atoms with Crippen molar-refractivity contribution in [3.05, 3.63) is 35.1 Å². The molecule has 0 unspecified atom stereocenters. The summed E-state index contributed by atoms with van der Waals surface area (Å²) in [6.07, 6.45) is 0. The molecule has 4 nitrogen and oxygen atoms in total. The first-order chi connectivity index (χ1) is 9.30. The Hall–Kier alpha value is -1.53. The second-order valence-electron chi connectivity index (χ2n) is 5.45. The first-order valence-corrected chi connectivity index (χ1v) is 6.84. The Morgan fingerprint density at radius 1 is 1.50 bits per heavy atom. The third-order valence-corrected chi connectivity index (χ3v) is 3.86. The third kappa shape index (κ3) is 2.96. The monoisotopic (exact) mass is 295 g/mol. The molecule has 0 saturated carbocycles. The molecule has 0 atom stereocenters. The molecule has 3 N–H and O–H groups in total. The van der Waals surface area contributed by atoms with Crippen LogP contribution in [0.1, 0.15) is 25.0 Å². The Labute approximate surface area is 123 Å². The molecule has 1 aliphatic rings. The maximum absolute atomic E-state index is 13.6. The topological polar surface area (TPSA) is 58.4 Å². The predicted molar refractivity (Wildman–Crippen MR) is 79.8 cm³/mol. The molecule has 1 saturated heterocycles. The lowest BCUT2D eigenvalue weighted by Crippen LogP contribution is -2.61. The highest BCUT2D eigenvalue weighted by atomic mass is 32.1. The second kappa shape index (κ2) is 5.46. The van der Waals surface area contributed by atoms with Gasteiger partial charge < -0.3 is 11.1 Å². The number of rotatable bonds is 3. The highest BCUT2D eigenvalue weighted by Crippen LogP contribution is 2.21. The zero-order valence-corrected chi connectivity index (χ0v) is 12.4. The molecule has 1 aromatic rings. The minimum absolute atomic E-state index is 0.0188. The molecule has 0 aliphatic carbocycles. The van der Waals surface area contributed by atoms with Crippen LogP contribution < -0.4 is 11.1 Å². The van der Waals surface area contributed by atoms with Crippen molar-refractivity contribution < 1.29 is 9.18 Å². The number of carbonyl (C=O) groups is 1. The fourth-order valence-electron chi connectivity index (χ4n) is 2.32. The third-order valence-electron chi connectivity index (χ3n) is 3.63. The molecule has 2 rings (SSSR count). The molecular formula is C14H18FN3OS. The molecule has 0 radical (unpaired) electrons. The van der Waals surface area contributed by atoms with Crippen molar-refractivity contribution in [1.29, 1.82) is 0 Å². The van der Waals surface area contributed by atoms with Gasteiger partial charge in [-0.2, -0.15) is 0 Å². The summed E-state index contributed by atoms with van der Waals surface area (Å²) in [5.74, 6) is -0.390. The summed E-state index contributed by atoms with van der Waals surface area (Å²) in [7, 11) is 0. The molecular weight excluding hydrogens is 277 g/mol. The van der Waals surface area contributed by atoms with E-state index in [1.165, 1.54) is 12.1 Å². The van der Waals surface area contributed by atoms with E-state index in [0.29, 0.717) is 18.7 Å². The van der Waals surface area contributed by atoms with Crippen LogP contribution in [0.25, 0.3) is 0 Å². The van der Waals surface area contributed by atoms with Crippen LogP contribution >= 0.6 is 12.2 Å². The zero-order chi connectivity index (χ0) is 14.9. The van der Waals surface area contributed by atoms with E-state index in [1.54, 1.807) is 6.07 Å². The summed E-state index contributed by atoms with van der Waals surface area (Å²) in [6.45, 7) is 5.51. The van der Waals surface area contributed by atoms with E-state index in [2.05, 4.69) is 5.32 Å². The van der Waals surface area contributed by atoms with Crippen molar-refractivity contribution in [3.8, 4) is 0 Å². The van der Waals surface area contributed by atoms with Crippen LogP contribution in [-0.4, -0.2) is 34.4 Å². The standard InChI is InChI=1S/C14H18FN3OS/c1-14(2)13(19)17-3-4-18(14)8-9-5-10(12(16)20)7-11(15)6-9/h5-7H,3-4,8H2,1-2H3,(H2,16,20)(H,17,19). The number of nitrogens with zero attached hydrogens (tertiary/aromatic N) is 1. The van der Waals surface area contributed by atoms with Gasteiger partial charge in [-0.1, -0.05) is 12.2 Å². The van der Waals surface area contributed by atoms with E-state index in [1.807, 2.05) is 18.7 Å². The lowest BCUT2D eigenvalue weighted by atomic mass is 9.97. The summed E-state index contributed by atoms with van der Waals surface area (Å²) in [6, 6.07) is 4.54. The van der Waals surface area contributed by atoms with E-state index >= 15 is 0 Å². The van der Waals surface area contributed by atoms with Crippen molar-refractivity contribution in [2.75, 3.05) is 13.1 Å². The van der Waals surface area contributed by atoms with Gasteiger partial charge in [0.1, 0.15) is 10.8 Å². The summed E-state index contributed by atoms with van der Waals surface area (Å²) in [5, 5.41) is 2.83. The van der Waals surface area contributed by atoms with Crippen molar-refractivity contribution in [3.63, 3.8) is 0 Å². The van der Waals surface area contributed by atoms with Crippen molar-refractivity contribution in [1.82, 2.24) is 10.2 Å². The van der Waals surface area contributed by atoms with Gasteiger partial charge in [0.2, 0.25) is 5.91 Å². The maximum Gasteiger partial charge on any atom is 0.240 e. The molecule has 1 fully saturated rings. The number of benzene rings is 1. The molecule has 6 heteroatoms. The zero-order valence-electron chi connectivity index (χ0n) is 11.6. The number of carbonyl (C=O) groups excluding carboxylic acids is 1. The van der Waals surface area contributed by atoms with Gasteiger partial charge in [-0.05, 0) is 37.6 Å². The van der Waals surface area contributed by atoms with Crippen LogP contribution in [-0.2, 0) is 11.3 Å². The average Bonchev–Trinajstić information content (AvgIpc) is 2.35. The van der Waals surface area contributed by atoms with Gasteiger partial charge in [0.15, 0.2) is 0 Å². The largest absolute Gasteiger partial charge is 0.389 e. The first-order valence-electron chi connectivity index (χ1n) is 6.43. The van der Waals surface area contributed by atoms with Gasteiger partial charge in [-0.3, -0.25) is 9.69 Å². The minimum atomic E-state index is -0.617. The van der Waals surface area contributed by atoms with Crippen molar-refractivity contribution >= 4 is 23.1 Å². The highest BCUT2D eigenvalue weighted by Gasteiger charge is 2.37. The fourth-order valence-corrected chi connectivity index (χ4v) is 2.44. The number of thiocarbonyl (C=S) groups is 1. The lowest BCUT2D eigenvalue weighted by molar-refractivity contribution is -0.135. The SMILES string of the molecule is CC1(C)C(=O)NCCN1Cc1cc(F)cc(C(N)=S)c1. The maximum atomic E-state index is 13.6. The molecule has 0 bridgehead atoms. The van der Waals surface area contributed by atoms with E-state index in [9.17, 15) is 9.18 Å². The van der Waals surface area contributed by atoms with E-state index in [-0.39, 0.29) is 16.7 Å². The molecule has 1 amide bonds. The number of nitrogens with two attached hydrogens (primary N) is 1. The van der Waals surface area contributed by atoms with Gasteiger partial charge in [-0.15, -0.1) is 0 Å². The molecule has 108 valence electrons. The number of amides is 1. The average molecular weight is 295 g/mol. The molecule has 1 heterocycles. The Morgan fingerprint density at radius 3 is 2.85 bits per heavy atom. The van der Waals surface area contributed by atoms with E-state index in [0.717, 1.165) is 12.1 Å². The number of hydrogen-bond acceptors (Lipinski definition) is 3. The van der Waals surface area contributed by atoms with Crippen LogP contribution in [0.4, 0.5) is 4.39 Å². The van der Waals surface area contributed by atoms with E-state index in [4.69, 9.17) is 18.0 Å². The Balaban J connectivity index is 2.25. The predicted octanol–water partition coefficient (Wildman–Crippen LogP) is 1.17. The smallest absolute Gasteiger partial charge is 0.240 e. The van der Waals surface area contributed by atoms with E-state index < -0.39 is 5.54 Å². The number of piperazine rings is 1. The lowest BCUT2D eigenvalue weighted by Gasteiger charge is -2.41. The quantitative estimate of drug-likeness (QED) is 0.822. The van der Waals surface area contributed by atoms with Crippen LogP contribution in [0.2, 0.25) is 0 Å². The van der Waals surface area contributed by atoms with Crippen molar-refractivity contribution in [2.45, 2.75) is 25.9 Å². The Kier molecular flexibility index (Phi) is 4.06. The summed E-state index contributed by atoms with van der Waals surface area (Å²) in [4.78, 5) is 14.1. The molecule has 0 aromatic heterocycles. The Morgan fingerprint density at radius 2 is 2.20 bits per heavy atom. The van der Waals surface area contributed by atoms with Gasteiger partial charge in [0, 0.05) is 25.2 Å². The molecule has 1 aliphatic heterocycles.